The molecule has 0 radical (unpaired) electrons. The summed E-state index contributed by atoms with van der Waals surface area (Å²) in [4.78, 5) is 39.8. The lowest BCUT2D eigenvalue weighted by Gasteiger charge is -2.44. The van der Waals surface area contributed by atoms with E-state index in [2.05, 4.69) is 0 Å². The van der Waals surface area contributed by atoms with Gasteiger partial charge in [-0.3, -0.25) is 19.4 Å². The van der Waals surface area contributed by atoms with Crippen LogP contribution in [0, 0.1) is 5.82 Å². The Labute approximate surface area is 203 Å². The van der Waals surface area contributed by atoms with Crippen molar-refractivity contribution in [1.29, 1.82) is 0 Å². The quantitative estimate of drug-likeness (QED) is 0.670. The number of carboxylic acid groups (broad SMARTS) is 1. The van der Waals surface area contributed by atoms with Crippen molar-refractivity contribution in [3.05, 3.63) is 84.1 Å². The summed E-state index contributed by atoms with van der Waals surface area (Å²) in [5, 5.41) is 9.63. The van der Waals surface area contributed by atoms with E-state index >= 15 is 0 Å². The van der Waals surface area contributed by atoms with Crippen molar-refractivity contribution in [3.63, 3.8) is 0 Å². The second-order valence-electron chi connectivity index (χ2n) is 8.19. The first kappa shape index (κ1) is 25.9. The number of sulfone groups is 1. The van der Waals surface area contributed by atoms with Gasteiger partial charge in [-0.05, 0) is 24.1 Å². The second-order valence-corrected chi connectivity index (χ2v) is 10.4. The standard InChI is InChI=1S/C18H20FN3O6S.C6H6/c1-29(27,28)11-14-8-16(23)21-10-17(24)20(9-15(21)22(14)18(25)26)6-5-12-3-2-4-13(19)7-12;1-2-4-6-5-3-1/h2-4,7,9,14H,5-6,8,10-11H2,1H3,(H,25,26);1-6H. The summed E-state index contributed by atoms with van der Waals surface area (Å²) < 4.78 is 36.7. The molecule has 0 aliphatic carbocycles. The minimum atomic E-state index is -3.55. The molecule has 2 aliphatic rings. The number of nitrogens with zero attached hydrogens (tertiary/aromatic N) is 3. The second kappa shape index (κ2) is 11.1. The molecule has 0 aromatic heterocycles. The highest BCUT2D eigenvalue weighted by Gasteiger charge is 2.44. The van der Waals surface area contributed by atoms with Gasteiger partial charge in [0.25, 0.3) is 0 Å². The Morgan fingerprint density at radius 3 is 2.23 bits per heavy atom. The first-order valence-corrected chi connectivity index (χ1v) is 12.9. The summed E-state index contributed by atoms with van der Waals surface area (Å²) in [7, 11) is -3.55. The average molecular weight is 504 g/mol. The highest BCUT2D eigenvalue weighted by atomic mass is 32.2. The molecule has 2 aliphatic heterocycles. The van der Waals surface area contributed by atoms with Crippen molar-refractivity contribution in [2.24, 2.45) is 0 Å². The molecule has 3 amide bonds. The topological polar surface area (TPSA) is 115 Å². The molecular formula is C24H26FN3O6S. The van der Waals surface area contributed by atoms with Crippen LogP contribution in [0.5, 0.6) is 0 Å². The third-order valence-electron chi connectivity index (χ3n) is 5.38. The maximum Gasteiger partial charge on any atom is 0.413 e. The number of carbonyl (C=O) groups excluding carboxylic acids is 2. The minimum Gasteiger partial charge on any atom is -0.465 e. The van der Waals surface area contributed by atoms with Crippen LogP contribution < -0.4 is 0 Å². The molecule has 9 nitrogen and oxygen atoms in total. The highest BCUT2D eigenvalue weighted by molar-refractivity contribution is 7.90. The molecule has 0 saturated carbocycles. The number of hydrogen-bond acceptors (Lipinski definition) is 5. The molecule has 1 saturated heterocycles. The summed E-state index contributed by atoms with van der Waals surface area (Å²) in [5.41, 5.74) is 0.656. The number of rotatable bonds is 5. The average Bonchev–Trinajstić information content (AvgIpc) is 2.79. The fourth-order valence-corrected chi connectivity index (χ4v) is 4.81. The summed E-state index contributed by atoms with van der Waals surface area (Å²) in [6.45, 7) is -0.193. The van der Waals surface area contributed by atoms with Gasteiger partial charge in [0.1, 0.15) is 28.0 Å². The zero-order chi connectivity index (χ0) is 25.6. The van der Waals surface area contributed by atoms with Crippen LogP contribution in [0.3, 0.4) is 0 Å². The van der Waals surface area contributed by atoms with Gasteiger partial charge in [-0.25, -0.2) is 17.6 Å². The van der Waals surface area contributed by atoms with Crippen LogP contribution in [0.4, 0.5) is 9.18 Å². The van der Waals surface area contributed by atoms with E-state index in [9.17, 15) is 32.3 Å². The van der Waals surface area contributed by atoms with Crippen LogP contribution in [-0.2, 0) is 25.8 Å². The van der Waals surface area contributed by atoms with Crippen molar-refractivity contribution in [1.82, 2.24) is 14.7 Å². The summed E-state index contributed by atoms with van der Waals surface area (Å²) >= 11 is 0. The van der Waals surface area contributed by atoms with Gasteiger partial charge in [-0.2, -0.15) is 0 Å². The summed E-state index contributed by atoms with van der Waals surface area (Å²) in [6.07, 6.45) is 0.787. The van der Waals surface area contributed by atoms with Crippen molar-refractivity contribution < 1.29 is 32.3 Å². The van der Waals surface area contributed by atoms with Crippen LogP contribution in [0.2, 0.25) is 0 Å². The summed E-state index contributed by atoms with van der Waals surface area (Å²) in [6, 6.07) is 16.8. The van der Waals surface area contributed by atoms with E-state index in [1.165, 1.54) is 23.2 Å². The summed E-state index contributed by atoms with van der Waals surface area (Å²) in [5.74, 6) is -1.89. The first-order valence-electron chi connectivity index (χ1n) is 10.8. The molecular weight excluding hydrogens is 477 g/mol. The number of hydrogen-bond donors (Lipinski definition) is 1. The Morgan fingerprint density at radius 2 is 1.69 bits per heavy atom. The van der Waals surface area contributed by atoms with E-state index in [0.29, 0.717) is 12.0 Å². The van der Waals surface area contributed by atoms with Gasteiger partial charge in [-0.15, -0.1) is 0 Å². The lowest BCUT2D eigenvalue weighted by atomic mass is 10.1. The minimum absolute atomic E-state index is 0.0544. The molecule has 186 valence electrons. The molecule has 0 bridgehead atoms. The third-order valence-corrected chi connectivity index (χ3v) is 6.37. The fraction of sp³-hybridized carbons (Fsp3) is 0.292. The molecule has 4 rings (SSSR count). The van der Waals surface area contributed by atoms with Crippen molar-refractivity contribution in [2.45, 2.75) is 18.9 Å². The predicted octanol–water partition coefficient (Wildman–Crippen LogP) is 2.32. The molecule has 35 heavy (non-hydrogen) atoms. The fourth-order valence-electron chi connectivity index (χ4n) is 3.84. The molecule has 11 heteroatoms. The van der Waals surface area contributed by atoms with Crippen molar-refractivity contribution >= 4 is 27.7 Å². The van der Waals surface area contributed by atoms with Gasteiger partial charge in [0.15, 0.2) is 0 Å². The number of amides is 3. The van der Waals surface area contributed by atoms with Crippen LogP contribution in [0.25, 0.3) is 0 Å². The number of fused-ring (bicyclic) bond motifs is 1. The van der Waals surface area contributed by atoms with Gasteiger partial charge >= 0.3 is 6.09 Å². The number of benzene rings is 2. The predicted molar refractivity (Wildman–Crippen MR) is 126 cm³/mol. The maximum absolute atomic E-state index is 13.3. The van der Waals surface area contributed by atoms with Gasteiger partial charge in [0.2, 0.25) is 11.8 Å². The number of halogens is 1. The number of carbonyl (C=O) groups is 3. The van der Waals surface area contributed by atoms with Crippen molar-refractivity contribution in [2.75, 3.05) is 25.1 Å². The zero-order valence-electron chi connectivity index (χ0n) is 19.1. The molecule has 1 unspecified atom stereocenters. The molecule has 0 spiro atoms. The Bertz CT molecular complexity index is 1190. The highest BCUT2D eigenvalue weighted by Crippen LogP contribution is 2.29. The Morgan fingerprint density at radius 1 is 1.06 bits per heavy atom. The third kappa shape index (κ3) is 7.12. The maximum atomic E-state index is 13.3. The first-order chi connectivity index (χ1) is 16.5. The van der Waals surface area contributed by atoms with Gasteiger partial charge < -0.3 is 10.0 Å². The van der Waals surface area contributed by atoms with E-state index in [1.807, 2.05) is 36.4 Å². The molecule has 1 N–H and O–H groups in total. The van der Waals surface area contributed by atoms with E-state index < -0.39 is 45.4 Å². The van der Waals surface area contributed by atoms with Gasteiger partial charge in [0.05, 0.1) is 11.8 Å². The van der Waals surface area contributed by atoms with Gasteiger partial charge in [0, 0.05) is 25.4 Å². The Balaban J connectivity index is 0.000000497. The van der Waals surface area contributed by atoms with E-state index in [1.54, 1.807) is 12.1 Å². The van der Waals surface area contributed by atoms with E-state index in [0.717, 1.165) is 16.1 Å². The van der Waals surface area contributed by atoms with Crippen molar-refractivity contribution in [3.8, 4) is 0 Å². The molecule has 1 atom stereocenters. The van der Waals surface area contributed by atoms with E-state index in [-0.39, 0.29) is 25.3 Å². The lowest BCUT2D eigenvalue weighted by molar-refractivity contribution is -0.143. The van der Waals surface area contributed by atoms with Gasteiger partial charge in [-0.1, -0.05) is 48.5 Å². The van der Waals surface area contributed by atoms with Crippen LogP contribution >= 0.6 is 0 Å². The van der Waals surface area contributed by atoms with Crippen LogP contribution in [0.15, 0.2) is 72.7 Å². The zero-order valence-corrected chi connectivity index (χ0v) is 19.9. The molecule has 1 fully saturated rings. The van der Waals surface area contributed by atoms with Crippen LogP contribution in [-0.4, -0.2) is 77.3 Å². The Hall–Kier alpha value is -3.73. The lowest BCUT2D eigenvalue weighted by Crippen LogP contribution is -2.59. The SMILES string of the molecule is CS(=O)(=O)CC1CC(=O)N2CC(=O)N(CCc3cccc(F)c3)C=C2N1C(=O)O.c1ccccc1. The normalized spacial score (nSPS) is 17.8. The monoisotopic (exact) mass is 503 g/mol. The molecule has 2 heterocycles. The largest absolute Gasteiger partial charge is 0.465 e. The van der Waals surface area contributed by atoms with Crippen LogP contribution in [0.1, 0.15) is 12.0 Å². The molecule has 2 aromatic carbocycles. The Kier molecular flexibility index (Phi) is 8.23. The smallest absolute Gasteiger partial charge is 0.413 e. The molecule has 2 aromatic rings. The van der Waals surface area contributed by atoms with E-state index in [4.69, 9.17) is 0 Å².